The molecule has 2 aromatic carbocycles. The van der Waals surface area contributed by atoms with Crippen molar-refractivity contribution in [2.75, 3.05) is 11.3 Å². The summed E-state index contributed by atoms with van der Waals surface area (Å²) in [5, 5.41) is 27.3. The number of carboxylic acids is 2. The summed E-state index contributed by atoms with van der Waals surface area (Å²) in [6.07, 6.45) is 0. The lowest BCUT2D eigenvalue weighted by Crippen LogP contribution is -2.14. The van der Waals surface area contributed by atoms with Gasteiger partial charge >= 0.3 is 11.9 Å². The van der Waals surface area contributed by atoms with Gasteiger partial charge in [0.2, 0.25) is 0 Å². The molecule has 1 heterocycles. The second-order valence-electron chi connectivity index (χ2n) is 6.19. The molecule has 164 valence electrons. The summed E-state index contributed by atoms with van der Waals surface area (Å²) in [7, 11) is -4.09. The monoisotopic (exact) mass is 492 g/mol. The summed E-state index contributed by atoms with van der Waals surface area (Å²) in [5.41, 5.74) is 0.495. The highest BCUT2D eigenvalue weighted by Crippen LogP contribution is 2.46. The van der Waals surface area contributed by atoms with E-state index < -0.39 is 28.6 Å². The van der Waals surface area contributed by atoms with E-state index in [2.05, 4.69) is 4.72 Å². The molecule has 0 spiro atoms. The number of aromatic carboxylic acids is 1. The van der Waals surface area contributed by atoms with Gasteiger partial charge in [0.1, 0.15) is 16.0 Å². The molecule has 0 radical (unpaired) electrons. The molecule has 0 saturated carbocycles. The van der Waals surface area contributed by atoms with E-state index in [-0.39, 0.29) is 36.7 Å². The van der Waals surface area contributed by atoms with E-state index in [9.17, 15) is 28.4 Å². The zero-order valence-electron chi connectivity index (χ0n) is 15.9. The van der Waals surface area contributed by atoms with Gasteiger partial charge in [0.05, 0.1) is 10.4 Å². The molecule has 1 aromatic heterocycles. The van der Waals surface area contributed by atoms with Gasteiger partial charge in [0, 0.05) is 5.69 Å². The van der Waals surface area contributed by atoms with Gasteiger partial charge in [-0.1, -0.05) is 35.9 Å². The number of nitriles is 1. The van der Waals surface area contributed by atoms with E-state index in [1.54, 1.807) is 12.1 Å². The van der Waals surface area contributed by atoms with E-state index in [0.29, 0.717) is 5.56 Å². The van der Waals surface area contributed by atoms with Crippen LogP contribution in [0.25, 0.3) is 10.4 Å². The molecule has 3 N–H and O–H groups in total. The van der Waals surface area contributed by atoms with Crippen LogP contribution in [0.15, 0.2) is 53.4 Å². The zero-order valence-corrected chi connectivity index (χ0v) is 18.3. The Kier molecular flexibility index (Phi) is 6.69. The molecule has 0 aliphatic carbocycles. The first-order chi connectivity index (χ1) is 15.1. The average Bonchev–Trinajstić information content (AvgIpc) is 3.08. The van der Waals surface area contributed by atoms with Gasteiger partial charge in [-0.3, -0.25) is 4.72 Å². The summed E-state index contributed by atoms with van der Waals surface area (Å²) < 4.78 is 32.9. The van der Waals surface area contributed by atoms with E-state index in [1.807, 2.05) is 6.07 Å². The van der Waals surface area contributed by atoms with Crippen molar-refractivity contribution >= 4 is 50.6 Å². The molecule has 0 fully saturated rings. The van der Waals surface area contributed by atoms with Gasteiger partial charge in [-0.15, -0.1) is 11.3 Å². The number of anilines is 1. The molecule has 0 aliphatic rings. The van der Waals surface area contributed by atoms with Crippen molar-refractivity contribution in [3.05, 3.63) is 64.0 Å². The Bertz CT molecular complexity index is 1360. The fraction of sp³-hybridized carbons (Fsp3) is 0.0500. The van der Waals surface area contributed by atoms with Gasteiger partial charge in [-0.2, -0.15) is 5.26 Å². The van der Waals surface area contributed by atoms with E-state index in [4.69, 9.17) is 21.4 Å². The van der Waals surface area contributed by atoms with Crippen molar-refractivity contribution in [1.29, 1.82) is 5.26 Å². The third kappa shape index (κ3) is 4.83. The number of nitrogens with zero attached hydrogens (tertiary/aromatic N) is 1. The highest BCUT2D eigenvalue weighted by Gasteiger charge is 2.25. The molecular weight excluding hydrogens is 480 g/mol. The van der Waals surface area contributed by atoms with Crippen LogP contribution >= 0.6 is 22.9 Å². The van der Waals surface area contributed by atoms with Crippen LogP contribution in [-0.2, 0) is 14.8 Å². The number of hydrogen-bond donors (Lipinski definition) is 3. The van der Waals surface area contributed by atoms with E-state index >= 15 is 0 Å². The Morgan fingerprint density at radius 1 is 1.16 bits per heavy atom. The first-order valence-electron chi connectivity index (χ1n) is 8.66. The minimum absolute atomic E-state index is 0.0243. The number of aliphatic carboxylic acids is 1. The standard InChI is InChI=1S/C20H13ClN2O7S2/c21-16-17(30-10-15(24)25)19(20(26)27)31-18(16)11-5-3-6-13(8-11)23-32(28,29)14-7-2-1-4-12(14)9-22/h1-8,23H,10H2,(H,24,25)(H,26,27). The fourth-order valence-electron chi connectivity index (χ4n) is 2.71. The minimum Gasteiger partial charge on any atom is -0.479 e. The van der Waals surface area contributed by atoms with Crippen LogP contribution in [0.2, 0.25) is 5.02 Å². The molecule has 0 saturated heterocycles. The Morgan fingerprint density at radius 3 is 2.53 bits per heavy atom. The van der Waals surface area contributed by atoms with Gasteiger partial charge in [0.15, 0.2) is 17.2 Å². The van der Waals surface area contributed by atoms with Crippen LogP contribution < -0.4 is 9.46 Å². The number of thiophene rings is 1. The normalized spacial score (nSPS) is 10.9. The smallest absolute Gasteiger partial charge is 0.349 e. The molecule has 0 atom stereocenters. The number of carboxylic acid groups (broad SMARTS) is 2. The molecule has 0 aliphatic heterocycles. The van der Waals surface area contributed by atoms with E-state index in [0.717, 1.165) is 11.3 Å². The van der Waals surface area contributed by atoms with Crippen molar-refractivity contribution in [3.8, 4) is 22.3 Å². The van der Waals surface area contributed by atoms with E-state index in [1.165, 1.54) is 36.4 Å². The Hall–Kier alpha value is -3.59. The van der Waals surface area contributed by atoms with Crippen LogP contribution in [0.1, 0.15) is 15.2 Å². The number of nitrogens with one attached hydrogen (secondary N) is 1. The molecule has 3 rings (SSSR count). The lowest BCUT2D eigenvalue weighted by Gasteiger charge is -2.10. The maximum Gasteiger partial charge on any atom is 0.349 e. The Morgan fingerprint density at radius 2 is 1.88 bits per heavy atom. The minimum atomic E-state index is -4.09. The first kappa shape index (κ1) is 23.1. The Labute approximate surface area is 191 Å². The summed E-state index contributed by atoms with van der Waals surface area (Å²) in [5.74, 6) is -2.94. The predicted molar refractivity (Wildman–Crippen MR) is 117 cm³/mol. The number of rotatable bonds is 8. The first-order valence-corrected chi connectivity index (χ1v) is 11.3. The highest BCUT2D eigenvalue weighted by atomic mass is 35.5. The predicted octanol–water partition coefficient (Wildman–Crippen LogP) is 3.90. The summed E-state index contributed by atoms with van der Waals surface area (Å²) in [6, 6.07) is 13.5. The quantitative estimate of drug-likeness (QED) is 0.427. The van der Waals surface area contributed by atoms with Crippen molar-refractivity contribution in [1.82, 2.24) is 0 Å². The van der Waals surface area contributed by atoms with Crippen LogP contribution in [-0.4, -0.2) is 37.2 Å². The third-order valence-corrected chi connectivity index (χ3v) is 7.14. The maximum atomic E-state index is 12.8. The van der Waals surface area contributed by atoms with Crippen LogP contribution in [0.3, 0.4) is 0 Å². The summed E-state index contributed by atoms with van der Waals surface area (Å²) >= 11 is 7.03. The number of benzene rings is 2. The lowest BCUT2D eigenvalue weighted by molar-refractivity contribution is -0.139. The molecule has 32 heavy (non-hydrogen) atoms. The van der Waals surface area contributed by atoms with Gasteiger partial charge < -0.3 is 14.9 Å². The van der Waals surface area contributed by atoms with Crippen molar-refractivity contribution < 1.29 is 33.0 Å². The molecule has 3 aromatic rings. The number of halogens is 1. The number of sulfonamides is 1. The number of ether oxygens (including phenoxy) is 1. The molecule has 0 bridgehead atoms. The van der Waals surface area contributed by atoms with Crippen molar-refractivity contribution in [2.45, 2.75) is 4.90 Å². The maximum absolute atomic E-state index is 12.8. The van der Waals surface area contributed by atoms with Crippen molar-refractivity contribution in [3.63, 3.8) is 0 Å². The second-order valence-corrected chi connectivity index (χ2v) is 9.23. The van der Waals surface area contributed by atoms with Crippen LogP contribution in [0.5, 0.6) is 5.75 Å². The second kappa shape index (κ2) is 9.27. The highest BCUT2D eigenvalue weighted by molar-refractivity contribution is 7.92. The Balaban J connectivity index is 2.00. The third-order valence-electron chi connectivity index (χ3n) is 4.02. The fourth-order valence-corrected chi connectivity index (χ4v) is 5.32. The summed E-state index contributed by atoms with van der Waals surface area (Å²) in [4.78, 5) is 22.1. The summed E-state index contributed by atoms with van der Waals surface area (Å²) in [6.45, 7) is -0.783. The molecule has 0 amide bonds. The lowest BCUT2D eigenvalue weighted by atomic mass is 10.1. The number of carbonyl (C=O) groups is 2. The zero-order chi connectivity index (χ0) is 23.5. The van der Waals surface area contributed by atoms with Gasteiger partial charge in [-0.25, -0.2) is 18.0 Å². The molecular formula is C20H13ClN2O7S2. The molecule has 0 unspecified atom stereocenters. The molecule has 12 heteroatoms. The average molecular weight is 493 g/mol. The van der Waals surface area contributed by atoms with Crippen molar-refractivity contribution in [2.24, 2.45) is 0 Å². The molecule has 9 nitrogen and oxygen atoms in total. The SMILES string of the molecule is N#Cc1ccccc1S(=O)(=O)Nc1cccc(-c2sc(C(=O)O)c(OCC(=O)O)c2Cl)c1. The topological polar surface area (TPSA) is 154 Å². The number of hydrogen-bond acceptors (Lipinski definition) is 7. The van der Waals surface area contributed by atoms with Gasteiger partial charge in [-0.05, 0) is 29.8 Å². The van der Waals surface area contributed by atoms with Crippen LogP contribution in [0, 0.1) is 11.3 Å². The van der Waals surface area contributed by atoms with Crippen LogP contribution in [0.4, 0.5) is 5.69 Å². The van der Waals surface area contributed by atoms with Gasteiger partial charge in [0.25, 0.3) is 10.0 Å². The largest absolute Gasteiger partial charge is 0.479 e.